The lowest BCUT2D eigenvalue weighted by Gasteiger charge is -2.19. The molecule has 4 nitrogen and oxygen atoms in total. The molecule has 0 radical (unpaired) electrons. The van der Waals surface area contributed by atoms with Gasteiger partial charge in [-0.3, -0.25) is 4.99 Å². The molecule has 1 aromatic heterocycles. The number of aliphatic imine (C=N–C) groups is 3. The molecule has 0 fully saturated rings. The van der Waals surface area contributed by atoms with E-state index in [0.717, 1.165) is 47.0 Å². The zero-order valence-electron chi connectivity index (χ0n) is 27.7. The number of fused-ring (bicyclic) bond motifs is 7. The van der Waals surface area contributed by atoms with Crippen LogP contribution < -0.4 is 0 Å². The van der Waals surface area contributed by atoms with Gasteiger partial charge in [-0.2, -0.15) is 0 Å². The highest BCUT2D eigenvalue weighted by molar-refractivity contribution is 6.13. The molecule has 0 aliphatic heterocycles. The van der Waals surface area contributed by atoms with Gasteiger partial charge >= 0.3 is 0 Å². The van der Waals surface area contributed by atoms with E-state index < -0.39 is 0 Å². The van der Waals surface area contributed by atoms with Gasteiger partial charge in [0.15, 0.2) is 11.7 Å². The molecule has 1 heterocycles. The number of rotatable bonds is 5. The summed E-state index contributed by atoms with van der Waals surface area (Å²) in [4.78, 5) is 19.7. The van der Waals surface area contributed by atoms with E-state index in [0.29, 0.717) is 18.2 Å². The third kappa shape index (κ3) is 5.36. The summed E-state index contributed by atoms with van der Waals surface area (Å²) in [5.41, 5.74) is 15.4. The lowest BCUT2D eigenvalue weighted by atomic mass is 9.86. The summed E-state index contributed by atoms with van der Waals surface area (Å²) in [6, 6.07) is 46.8. The summed E-state index contributed by atoms with van der Waals surface area (Å²) < 4.78 is 0. The lowest BCUT2D eigenvalue weighted by Crippen LogP contribution is -2.06. The SMILES string of the molecule is C=NC(=NC(=NCc1cccc2c1-c1ccccc1C2)c1ccccc1)c1ccc(-c2cc3nc4ccccc4cc3c3c2C=CCC3)cc1. The van der Waals surface area contributed by atoms with Crippen LogP contribution in [0.3, 0.4) is 0 Å². The molecule has 238 valence electrons. The number of aromatic nitrogens is 1. The van der Waals surface area contributed by atoms with Gasteiger partial charge in [-0.1, -0.05) is 127 Å². The van der Waals surface area contributed by atoms with E-state index in [4.69, 9.17) is 15.0 Å². The molecule has 2 aliphatic rings. The summed E-state index contributed by atoms with van der Waals surface area (Å²) in [6.45, 7) is 4.43. The highest BCUT2D eigenvalue weighted by atomic mass is 15.0. The maximum absolute atomic E-state index is 5.12. The molecular weight excluding hydrogens is 609 g/mol. The molecule has 50 heavy (non-hydrogen) atoms. The average molecular weight is 643 g/mol. The smallest absolute Gasteiger partial charge is 0.161 e. The molecule has 0 amide bonds. The van der Waals surface area contributed by atoms with Gasteiger partial charge in [0, 0.05) is 21.9 Å². The summed E-state index contributed by atoms with van der Waals surface area (Å²) in [6.07, 6.45) is 7.55. The van der Waals surface area contributed by atoms with Crippen molar-refractivity contribution in [1.29, 1.82) is 0 Å². The molecule has 0 N–H and O–H groups in total. The number of hydrogen-bond acceptors (Lipinski definition) is 2. The van der Waals surface area contributed by atoms with E-state index in [2.05, 4.69) is 127 Å². The van der Waals surface area contributed by atoms with Crippen molar-refractivity contribution in [2.24, 2.45) is 15.0 Å². The van der Waals surface area contributed by atoms with Crippen LogP contribution in [0.25, 0.3) is 50.1 Å². The topological polar surface area (TPSA) is 50.0 Å². The Morgan fingerprint density at radius 2 is 1.46 bits per heavy atom. The zero-order chi connectivity index (χ0) is 33.4. The zero-order valence-corrected chi connectivity index (χ0v) is 27.7. The Bertz CT molecular complexity index is 2540. The van der Waals surface area contributed by atoms with Crippen molar-refractivity contribution in [2.75, 3.05) is 0 Å². The van der Waals surface area contributed by atoms with Crippen LogP contribution in [0.1, 0.15) is 45.4 Å². The number of hydrogen-bond donors (Lipinski definition) is 0. The van der Waals surface area contributed by atoms with Crippen LogP contribution in [-0.4, -0.2) is 23.4 Å². The largest absolute Gasteiger partial charge is 0.261 e. The number of benzene rings is 6. The minimum Gasteiger partial charge on any atom is -0.261 e. The second-order valence-electron chi connectivity index (χ2n) is 13.0. The normalized spacial score (nSPS) is 13.7. The molecule has 0 spiro atoms. The first kappa shape index (κ1) is 29.8. The van der Waals surface area contributed by atoms with Crippen LogP contribution in [0.5, 0.6) is 0 Å². The number of aryl methyl sites for hydroxylation is 1. The predicted octanol–water partition coefficient (Wildman–Crippen LogP) is 10.7. The second-order valence-corrected chi connectivity index (χ2v) is 13.0. The maximum atomic E-state index is 5.12. The van der Waals surface area contributed by atoms with Crippen LogP contribution >= 0.6 is 0 Å². The highest BCUT2D eigenvalue weighted by Crippen LogP contribution is 2.40. The Labute approximate surface area is 292 Å². The quantitative estimate of drug-likeness (QED) is 0.105. The maximum Gasteiger partial charge on any atom is 0.161 e. The van der Waals surface area contributed by atoms with Crippen molar-refractivity contribution in [3.05, 3.63) is 178 Å². The van der Waals surface area contributed by atoms with Crippen molar-refractivity contribution in [2.45, 2.75) is 25.8 Å². The van der Waals surface area contributed by atoms with Gasteiger partial charge in [-0.15, -0.1) is 0 Å². The van der Waals surface area contributed by atoms with Gasteiger partial charge in [0.25, 0.3) is 0 Å². The minimum atomic E-state index is 0.512. The van der Waals surface area contributed by atoms with Crippen LogP contribution in [0.15, 0.2) is 155 Å². The molecule has 2 aliphatic carbocycles. The summed E-state index contributed by atoms with van der Waals surface area (Å²) in [5, 5.41) is 2.42. The molecule has 0 bridgehead atoms. The van der Waals surface area contributed by atoms with Gasteiger partial charge in [0.1, 0.15) is 0 Å². The Hall–Kier alpha value is -6.26. The van der Waals surface area contributed by atoms with E-state index in [9.17, 15) is 0 Å². The van der Waals surface area contributed by atoms with Crippen LogP contribution in [0, 0.1) is 0 Å². The number of amidine groups is 2. The van der Waals surface area contributed by atoms with Crippen molar-refractivity contribution in [3.63, 3.8) is 0 Å². The van der Waals surface area contributed by atoms with Gasteiger partial charge < -0.3 is 0 Å². The lowest BCUT2D eigenvalue weighted by molar-refractivity contribution is 0.997. The van der Waals surface area contributed by atoms with E-state index in [1.807, 2.05) is 30.3 Å². The van der Waals surface area contributed by atoms with Crippen LogP contribution in [0.4, 0.5) is 0 Å². The number of para-hydroxylation sites is 1. The summed E-state index contributed by atoms with van der Waals surface area (Å²) in [7, 11) is 0. The first-order valence-corrected chi connectivity index (χ1v) is 17.2. The fourth-order valence-corrected chi connectivity index (χ4v) is 7.56. The Balaban J connectivity index is 1.09. The summed E-state index contributed by atoms with van der Waals surface area (Å²) >= 11 is 0. The monoisotopic (exact) mass is 642 g/mol. The number of nitrogens with zero attached hydrogens (tertiary/aromatic N) is 4. The highest BCUT2D eigenvalue weighted by Gasteiger charge is 2.21. The number of allylic oxidation sites excluding steroid dienone is 1. The first-order chi connectivity index (χ1) is 24.7. The van der Waals surface area contributed by atoms with Gasteiger partial charge in [0.05, 0.1) is 17.6 Å². The van der Waals surface area contributed by atoms with Crippen molar-refractivity contribution in [3.8, 4) is 22.3 Å². The van der Waals surface area contributed by atoms with Crippen molar-refractivity contribution >= 4 is 46.3 Å². The summed E-state index contributed by atoms with van der Waals surface area (Å²) in [5.74, 6) is 1.17. The van der Waals surface area contributed by atoms with Crippen LogP contribution in [0.2, 0.25) is 0 Å². The predicted molar refractivity (Wildman–Crippen MR) is 209 cm³/mol. The number of pyridine rings is 1. The Morgan fingerprint density at radius 3 is 2.34 bits per heavy atom. The van der Waals surface area contributed by atoms with E-state index in [-0.39, 0.29) is 0 Å². The van der Waals surface area contributed by atoms with Crippen LogP contribution in [-0.2, 0) is 19.4 Å². The third-order valence-corrected chi connectivity index (χ3v) is 9.97. The van der Waals surface area contributed by atoms with Gasteiger partial charge in [0.2, 0.25) is 0 Å². The van der Waals surface area contributed by atoms with Crippen molar-refractivity contribution < 1.29 is 0 Å². The van der Waals surface area contributed by atoms with Crippen molar-refractivity contribution in [1.82, 2.24) is 4.98 Å². The van der Waals surface area contributed by atoms with Gasteiger partial charge in [-0.05, 0) is 94.3 Å². The minimum absolute atomic E-state index is 0.512. The molecule has 0 atom stereocenters. The van der Waals surface area contributed by atoms with E-state index >= 15 is 0 Å². The molecular formula is C46H34N4. The molecule has 0 unspecified atom stereocenters. The van der Waals surface area contributed by atoms with E-state index in [1.54, 1.807) is 0 Å². The fourth-order valence-electron chi connectivity index (χ4n) is 7.56. The molecule has 4 heteroatoms. The Kier molecular flexibility index (Phi) is 7.55. The average Bonchev–Trinajstić information content (AvgIpc) is 3.57. The standard InChI is InChI=1S/C46H34N4/c1-47-45(50-46(31-12-3-2-4-13-31)48-29-36-17-11-16-35-26-33-14-5-7-18-37(33)44(35)36)32-24-22-30(23-25-32)40-28-43-41(39-20-9-8-19-38(39)40)27-34-15-6-10-21-42(34)49-43/h2-8,10-19,21-25,27-28H,1,9,20,26,29H2. The third-order valence-electron chi connectivity index (χ3n) is 9.97. The second kappa shape index (κ2) is 12.6. The molecule has 7 aromatic rings. The van der Waals surface area contributed by atoms with E-state index in [1.165, 1.54) is 55.3 Å². The molecule has 9 rings (SSSR count). The van der Waals surface area contributed by atoms with Gasteiger partial charge in [-0.25, -0.2) is 15.0 Å². The molecule has 6 aromatic carbocycles. The Morgan fingerprint density at radius 1 is 0.680 bits per heavy atom. The first-order valence-electron chi connectivity index (χ1n) is 17.2. The molecule has 0 saturated carbocycles. The molecule has 0 saturated heterocycles. The fraction of sp³-hybridized carbons (Fsp3) is 0.0870.